The maximum absolute atomic E-state index is 13.3. The van der Waals surface area contributed by atoms with Gasteiger partial charge in [0.25, 0.3) is 0 Å². The number of aryl methyl sites for hydroxylation is 1. The number of thiophene rings is 1. The molecule has 2 N–H and O–H groups in total. The Balaban J connectivity index is 1.77. The van der Waals surface area contributed by atoms with Crippen molar-refractivity contribution in [2.45, 2.75) is 57.3 Å². The summed E-state index contributed by atoms with van der Waals surface area (Å²) in [6, 6.07) is 5.95. The summed E-state index contributed by atoms with van der Waals surface area (Å²) >= 11 is 1.54. The first-order valence-electron chi connectivity index (χ1n) is 11.7. The highest BCUT2D eigenvalue weighted by Crippen LogP contribution is 2.50. The number of esters is 1. The summed E-state index contributed by atoms with van der Waals surface area (Å²) in [6.45, 7) is 0. The second kappa shape index (κ2) is 9.07. The molecule has 0 radical (unpaired) electrons. The Kier molecular flexibility index (Phi) is 5.96. The number of pyridine rings is 1. The van der Waals surface area contributed by atoms with E-state index in [1.807, 2.05) is 11.0 Å². The molecule has 0 bridgehead atoms. The Morgan fingerprint density at radius 3 is 2.79 bits per heavy atom. The van der Waals surface area contributed by atoms with Crippen LogP contribution in [0, 0.1) is 11.3 Å². The van der Waals surface area contributed by atoms with E-state index in [2.05, 4.69) is 11.1 Å². The fraction of sp³-hybridized carbons (Fsp3) is 0.385. The van der Waals surface area contributed by atoms with Crippen LogP contribution in [0.5, 0.6) is 0 Å². The van der Waals surface area contributed by atoms with Crippen molar-refractivity contribution in [3.63, 3.8) is 0 Å². The molecule has 0 spiro atoms. The summed E-state index contributed by atoms with van der Waals surface area (Å²) in [4.78, 5) is 33.5. The zero-order valence-electron chi connectivity index (χ0n) is 19.1. The van der Waals surface area contributed by atoms with Crippen LogP contribution in [0.1, 0.15) is 70.8 Å². The quantitative estimate of drug-likeness (QED) is 0.515. The number of ketones is 1. The first-order chi connectivity index (χ1) is 16.6. The maximum Gasteiger partial charge on any atom is 0.341 e. The Morgan fingerprint density at radius 2 is 2.06 bits per heavy atom. The smallest absolute Gasteiger partial charge is 0.341 e. The van der Waals surface area contributed by atoms with Crippen LogP contribution in [-0.2, 0) is 22.4 Å². The molecule has 3 heterocycles. The molecule has 8 heteroatoms. The maximum atomic E-state index is 13.3. The number of anilines is 1. The number of hydrogen-bond acceptors (Lipinski definition) is 8. The van der Waals surface area contributed by atoms with Crippen LogP contribution >= 0.6 is 11.3 Å². The Hall–Kier alpha value is -3.44. The fourth-order valence-corrected chi connectivity index (χ4v) is 6.81. The molecular weight excluding hydrogens is 448 g/mol. The van der Waals surface area contributed by atoms with E-state index in [1.54, 1.807) is 18.5 Å². The number of rotatable bonds is 3. The first-order valence-corrected chi connectivity index (χ1v) is 12.5. The zero-order valence-corrected chi connectivity index (χ0v) is 19.9. The van der Waals surface area contributed by atoms with Crippen LogP contribution < -0.4 is 10.6 Å². The van der Waals surface area contributed by atoms with Gasteiger partial charge in [-0.1, -0.05) is 12.5 Å². The number of nitriles is 1. The molecule has 0 unspecified atom stereocenters. The van der Waals surface area contributed by atoms with E-state index < -0.39 is 11.9 Å². The predicted octanol–water partition coefficient (Wildman–Crippen LogP) is 4.50. The van der Waals surface area contributed by atoms with Crippen LogP contribution in [0.2, 0.25) is 0 Å². The molecule has 7 nitrogen and oxygen atoms in total. The lowest BCUT2D eigenvalue weighted by atomic mass is 9.76. The lowest BCUT2D eigenvalue weighted by molar-refractivity contribution is -0.116. The van der Waals surface area contributed by atoms with Gasteiger partial charge in [0.2, 0.25) is 0 Å². The van der Waals surface area contributed by atoms with Crippen LogP contribution in [-0.4, -0.2) is 23.8 Å². The van der Waals surface area contributed by atoms with Gasteiger partial charge < -0.3 is 10.5 Å². The topological polar surface area (TPSA) is 109 Å². The molecule has 0 saturated heterocycles. The standard InChI is InChI=1S/C26H26N4O3S/c1-33-26(32)22-16-8-3-2-4-11-20(16)34-25(22)30-18-9-5-10-19(31)23(18)21(17(13-27)24(30)28)15-7-6-12-29-14-15/h6-7,12,14,21H,2-5,8-11,28H2,1H3/t21-/m1/s1. The van der Waals surface area contributed by atoms with E-state index >= 15 is 0 Å². The van der Waals surface area contributed by atoms with Crippen molar-refractivity contribution in [2.24, 2.45) is 5.73 Å². The van der Waals surface area contributed by atoms with Gasteiger partial charge in [-0.05, 0) is 55.7 Å². The van der Waals surface area contributed by atoms with E-state index in [4.69, 9.17) is 10.5 Å². The molecule has 1 aliphatic heterocycles. The van der Waals surface area contributed by atoms with E-state index in [0.717, 1.165) is 53.8 Å². The van der Waals surface area contributed by atoms with Crippen LogP contribution in [0.3, 0.4) is 0 Å². The van der Waals surface area contributed by atoms with E-state index in [-0.39, 0.29) is 11.6 Å². The Labute approximate surface area is 202 Å². The number of carbonyl (C=O) groups is 2. The number of fused-ring (bicyclic) bond motifs is 1. The summed E-state index contributed by atoms with van der Waals surface area (Å²) in [5, 5.41) is 10.9. The molecule has 5 rings (SSSR count). The van der Waals surface area contributed by atoms with Gasteiger partial charge in [-0.3, -0.25) is 14.7 Å². The molecule has 1 atom stereocenters. The minimum Gasteiger partial charge on any atom is -0.465 e. The average molecular weight is 475 g/mol. The van der Waals surface area contributed by atoms with Crippen LogP contribution in [0.25, 0.3) is 0 Å². The Morgan fingerprint density at radius 1 is 1.24 bits per heavy atom. The van der Waals surface area contributed by atoms with Crippen molar-refractivity contribution in [1.29, 1.82) is 5.26 Å². The summed E-state index contributed by atoms with van der Waals surface area (Å²) in [6.07, 6.45) is 10.0. The van der Waals surface area contributed by atoms with E-state index in [0.29, 0.717) is 41.0 Å². The third kappa shape index (κ3) is 3.51. The normalized spacial score (nSPS) is 20.4. The monoisotopic (exact) mass is 474 g/mol. The molecule has 0 saturated carbocycles. The third-order valence-electron chi connectivity index (χ3n) is 6.93. The largest absolute Gasteiger partial charge is 0.465 e. The number of carbonyl (C=O) groups excluding carboxylic acids is 2. The average Bonchev–Trinajstić information content (AvgIpc) is 3.04. The van der Waals surface area contributed by atoms with Crippen molar-refractivity contribution < 1.29 is 14.3 Å². The summed E-state index contributed by atoms with van der Waals surface area (Å²) < 4.78 is 5.20. The number of nitrogens with two attached hydrogens (primary N) is 1. The molecule has 0 amide bonds. The SMILES string of the molecule is COC(=O)c1c(N2C(N)=C(C#N)[C@@H](c3cccnc3)C3=C2CCCC3=O)sc2c1CCCCC2. The number of nitrogens with zero attached hydrogens (tertiary/aromatic N) is 3. The lowest BCUT2D eigenvalue weighted by Crippen LogP contribution is -2.39. The number of Topliss-reactive ketones (excluding diaryl/α,β-unsaturated/α-hetero) is 1. The molecule has 2 aliphatic carbocycles. The molecule has 2 aromatic rings. The number of hydrogen-bond donors (Lipinski definition) is 1. The zero-order chi connectivity index (χ0) is 23.8. The summed E-state index contributed by atoms with van der Waals surface area (Å²) in [7, 11) is 1.39. The van der Waals surface area contributed by atoms with Gasteiger partial charge in [-0.2, -0.15) is 5.26 Å². The molecular formula is C26H26N4O3S. The van der Waals surface area contributed by atoms with Gasteiger partial charge in [-0.25, -0.2) is 4.79 Å². The summed E-state index contributed by atoms with van der Waals surface area (Å²) in [5.74, 6) is -0.680. The van der Waals surface area contributed by atoms with Gasteiger partial charge in [0, 0.05) is 35.0 Å². The number of aromatic nitrogens is 1. The van der Waals surface area contributed by atoms with Gasteiger partial charge in [-0.15, -0.1) is 11.3 Å². The molecule has 174 valence electrons. The van der Waals surface area contributed by atoms with Crippen molar-refractivity contribution >= 4 is 28.1 Å². The highest BCUT2D eigenvalue weighted by molar-refractivity contribution is 7.16. The van der Waals surface area contributed by atoms with Gasteiger partial charge in [0.15, 0.2) is 5.78 Å². The minimum absolute atomic E-state index is 0.0121. The molecule has 34 heavy (non-hydrogen) atoms. The van der Waals surface area contributed by atoms with Gasteiger partial charge >= 0.3 is 5.97 Å². The number of allylic oxidation sites excluding steroid dienone is 3. The molecule has 0 fully saturated rings. The van der Waals surface area contributed by atoms with Gasteiger partial charge in [0.05, 0.1) is 30.2 Å². The predicted molar refractivity (Wildman–Crippen MR) is 129 cm³/mol. The fourth-order valence-electron chi connectivity index (χ4n) is 5.40. The molecule has 2 aromatic heterocycles. The van der Waals surface area contributed by atoms with E-state index in [1.165, 1.54) is 18.4 Å². The minimum atomic E-state index is -0.558. The van der Waals surface area contributed by atoms with Crippen molar-refractivity contribution in [2.75, 3.05) is 12.0 Å². The van der Waals surface area contributed by atoms with E-state index in [9.17, 15) is 14.9 Å². The Bertz CT molecular complexity index is 1270. The van der Waals surface area contributed by atoms with Crippen LogP contribution in [0.15, 0.2) is 47.2 Å². The lowest BCUT2D eigenvalue weighted by Gasteiger charge is -2.39. The molecule has 0 aromatic carbocycles. The van der Waals surface area contributed by atoms with Gasteiger partial charge in [0.1, 0.15) is 10.8 Å². The van der Waals surface area contributed by atoms with Crippen LogP contribution in [0.4, 0.5) is 5.00 Å². The second-order valence-corrected chi connectivity index (χ2v) is 9.92. The number of methoxy groups -OCH3 is 1. The number of ether oxygens (including phenoxy) is 1. The molecule has 3 aliphatic rings. The highest BCUT2D eigenvalue weighted by atomic mass is 32.1. The van der Waals surface area contributed by atoms with Crippen molar-refractivity contribution in [1.82, 2.24) is 4.98 Å². The third-order valence-corrected chi connectivity index (χ3v) is 8.20. The highest BCUT2D eigenvalue weighted by Gasteiger charge is 2.42. The van der Waals surface area contributed by atoms with Crippen molar-refractivity contribution in [3.8, 4) is 6.07 Å². The summed E-state index contributed by atoms with van der Waals surface area (Å²) in [5.41, 5.74) is 10.7. The first kappa shape index (κ1) is 22.4. The second-order valence-electron chi connectivity index (χ2n) is 8.84. The van der Waals surface area contributed by atoms with Crippen molar-refractivity contribution in [3.05, 3.63) is 68.8 Å².